The van der Waals surface area contributed by atoms with Crippen molar-refractivity contribution >= 4 is 23.1 Å². The molecule has 6 heteroatoms. The Morgan fingerprint density at radius 2 is 2.04 bits per heavy atom. The van der Waals surface area contributed by atoms with Gasteiger partial charge in [0, 0.05) is 30.3 Å². The number of benzene rings is 1. The number of halogens is 1. The Bertz CT molecular complexity index is 861. The van der Waals surface area contributed by atoms with E-state index in [4.69, 9.17) is 0 Å². The van der Waals surface area contributed by atoms with Crippen LogP contribution in [0.15, 0.2) is 48.8 Å². The molecule has 0 fully saturated rings. The monoisotopic (exact) mass is 325 g/mol. The highest BCUT2D eigenvalue weighted by molar-refractivity contribution is 7.07. The maximum Gasteiger partial charge on any atom is 0.225 e. The lowest BCUT2D eigenvalue weighted by molar-refractivity contribution is -0.116. The van der Waals surface area contributed by atoms with Crippen LogP contribution in [0.3, 0.4) is 0 Å². The van der Waals surface area contributed by atoms with E-state index in [2.05, 4.69) is 14.7 Å². The van der Waals surface area contributed by atoms with Gasteiger partial charge in [0.2, 0.25) is 5.91 Å². The zero-order valence-corrected chi connectivity index (χ0v) is 12.8. The predicted octanol–water partition coefficient (Wildman–Crippen LogP) is 3.82. The zero-order chi connectivity index (χ0) is 15.8. The number of amides is 1. The third-order valence-electron chi connectivity index (χ3n) is 3.89. The first-order valence-electron chi connectivity index (χ1n) is 7.17. The summed E-state index contributed by atoms with van der Waals surface area (Å²) >= 11 is 1.37. The molecular formula is C17H12FN3OS. The fourth-order valence-electron chi connectivity index (χ4n) is 2.79. The van der Waals surface area contributed by atoms with Crippen LogP contribution >= 0.6 is 11.5 Å². The van der Waals surface area contributed by atoms with Gasteiger partial charge in [-0.05, 0) is 47.4 Å². The Morgan fingerprint density at radius 3 is 2.78 bits per heavy atom. The van der Waals surface area contributed by atoms with E-state index in [0.717, 1.165) is 21.7 Å². The molecule has 1 atom stereocenters. The molecule has 1 aromatic carbocycles. The summed E-state index contributed by atoms with van der Waals surface area (Å²) in [6.07, 6.45) is 3.87. The van der Waals surface area contributed by atoms with Crippen molar-refractivity contribution in [1.82, 2.24) is 9.36 Å². The number of hydrogen-bond acceptors (Lipinski definition) is 4. The lowest BCUT2D eigenvalue weighted by Gasteiger charge is -2.22. The van der Waals surface area contributed by atoms with Crippen molar-refractivity contribution in [1.29, 1.82) is 0 Å². The lowest BCUT2D eigenvalue weighted by Crippen LogP contribution is -2.22. The molecule has 4 rings (SSSR count). The molecule has 0 aliphatic carbocycles. The molecule has 0 spiro atoms. The van der Waals surface area contributed by atoms with Crippen molar-refractivity contribution in [2.45, 2.75) is 12.3 Å². The van der Waals surface area contributed by atoms with Gasteiger partial charge in [-0.25, -0.2) is 4.39 Å². The van der Waals surface area contributed by atoms with Crippen LogP contribution in [0.4, 0.5) is 10.1 Å². The molecule has 1 amide bonds. The number of rotatable bonds is 2. The van der Waals surface area contributed by atoms with Gasteiger partial charge in [-0.2, -0.15) is 4.37 Å². The summed E-state index contributed by atoms with van der Waals surface area (Å²) in [5, 5.41) is 2.92. The minimum absolute atomic E-state index is 0.0425. The summed E-state index contributed by atoms with van der Waals surface area (Å²) in [4.78, 5) is 17.3. The van der Waals surface area contributed by atoms with Gasteiger partial charge in [-0.1, -0.05) is 6.07 Å². The average molecular weight is 325 g/mol. The normalized spacial score (nSPS) is 16.7. The molecular weight excluding hydrogens is 313 g/mol. The minimum atomic E-state index is -0.296. The number of hydrogen-bond donors (Lipinski definition) is 1. The Hall–Kier alpha value is -2.60. The van der Waals surface area contributed by atoms with Crippen molar-refractivity contribution in [2.75, 3.05) is 5.32 Å². The number of anilines is 1. The third-order valence-corrected chi connectivity index (χ3v) is 4.85. The molecule has 0 unspecified atom stereocenters. The largest absolute Gasteiger partial charge is 0.323 e. The first-order chi connectivity index (χ1) is 11.2. The molecule has 0 bridgehead atoms. The third kappa shape index (κ3) is 2.51. The number of nitrogens with zero attached hydrogens (tertiary/aromatic N) is 2. The molecule has 1 aliphatic heterocycles. The van der Waals surface area contributed by atoms with Crippen LogP contribution in [0.25, 0.3) is 11.3 Å². The Kier molecular flexibility index (Phi) is 3.38. The summed E-state index contributed by atoms with van der Waals surface area (Å²) in [6, 6.07) is 9.96. The molecule has 0 radical (unpaired) electrons. The highest BCUT2D eigenvalue weighted by Gasteiger charge is 2.31. The van der Waals surface area contributed by atoms with Gasteiger partial charge in [0.25, 0.3) is 0 Å². The van der Waals surface area contributed by atoms with Gasteiger partial charge in [0.05, 0.1) is 10.6 Å². The highest BCUT2D eigenvalue weighted by Crippen LogP contribution is 2.44. The van der Waals surface area contributed by atoms with Crippen LogP contribution in [0.5, 0.6) is 0 Å². The van der Waals surface area contributed by atoms with E-state index in [9.17, 15) is 9.18 Å². The molecule has 23 heavy (non-hydrogen) atoms. The highest BCUT2D eigenvalue weighted by atomic mass is 32.1. The van der Waals surface area contributed by atoms with Crippen molar-refractivity contribution < 1.29 is 9.18 Å². The van der Waals surface area contributed by atoms with Crippen LogP contribution in [-0.2, 0) is 4.79 Å². The van der Waals surface area contributed by atoms with E-state index in [-0.39, 0.29) is 17.6 Å². The van der Waals surface area contributed by atoms with Crippen molar-refractivity contribution in [3.8, 4) is 11.3 Å². The smallest absolute Gasteiger partial charge is 0.225 e. The van der Waals surface area contributed by atoms with Gasteiger partial charge >= 0.3 is 0 Å². The van der Waals surface area contributed by atoms with Crippen LogP contribution in [-0.4, -0.2) is 15.3 Å². The Balaban J connectivity index is 1.81. The second-order valence-corrected chi connectivity index (χ2v) is 6.17. The number of carbonyl (C=O) groups excluding carboxylic acids is 1. The summed E-state index contributed by atoms with van der Waals surface area (Å²) < 4.78 is 17.6. The minimum Gasteiger partial charge on any atom is -0.323 e. The number of carbonyl (C=O) groups is 1. The average Bonchev–Trinajstić information content (AvgIpc) is 2.99. The van der Waals surface area contributed by atoms with Gasteiger partial charge in [0.15, 0.2) is 0 Å². The van der Waals surface area contributed by atoms with Crippen molar-refractivity contribution in [3.05, 3.63) is 65.0 Å². The molecule has 114 valence electrons. The summed E-state index contributed by atoms with van der Waals surface area (Å²) in [6.45, 7) is 0. The number of nitrogens with one attached hydrogen (secondary N) is 1. The van der Waals surface area contributed by atoms with Crippen molar-refractivity contribution in [3.63, 3.8) is 0 Å². The maximum atomic E-state index is 13.1. The second-order valence-electron chi connectivity index (χ2n) is 5.37. The standard InChI is InChI=1S/C17H12FN3OS/c18-12-5-3-10(4-6-12)15-16-17(23-21-15)13(8-14(22)20-16)11-2-1-7-19-9-11/h1-7,9,13H,8H2,(H,20,22)/t13-/m1/s1. The quantitative estimate of drug-likeness (QED) is 0.779. The molecule has 3 aromatic rings. The summed E-state index contributed by atoms with van der Waals surface area (Å²) in [5.74, 6) is -0.385. The van der Waals surface area contributed by atoms with Gasteiger partial charge in [-0.3, -0.25) is 9.78 Å². The van der Waals surface area contributed by atoms with E-state index in [1.807, 2.05) is 12.1 Å². The predicted molar refractivity (Wildman–Crippen MR) is 86.8 cm³/mol. The van der Waals surface area contributed by atoms with Gasteiger partial charge in [0.1, 0.15) is 11.5 Å². The molecule has 2 aromatic heterocycles. The van der Waals surface area contributed by atoms with E-state index in [1.54, 1.807) is 24.5 Å². The Labute approximate surface area is 136 Å². The van der Waals surface area contributed by atoms with Crippen LogP contribution in [0.2, 0.25) is 0 Å². The first-order valence-corrected chi connectivity index (χ1v) is 7.95. The summed E-state index contributed by atoms with van der Waals surface area (Å²) in [5.41, 5.74) is 3.20. The lowest BCUT2D eigenvalue weighted by atomic mass is 9.90. The SMILES string of the molecule is O=C1C[C@H](c2cccnc2)c2snc(-c3ccc(F)cc3)c2N1. The second kappa shape index (κ2) is 5.55. The summed E-state index contributed by atoms with van der Waals surface area (Å²) in [7, 11) is 0. The first kappa shape index (κ1) is 14.0. The van der Waals surface area contributed by atoms with E-state index >= 15 is 0 Å². The topological polar surface area (TPSA) is 54.9 Å². The van der Waals surface area contributed by atoms with E-state index < -0.39 is 0 Å². The fourth-order valence-corrected chi connectivity index (χ4v) is 3.76. The van der Waals surface area contributed by atoms with Gasteiger partial charge < -0.3 is 5.32 Å². The molecule has 1 aliphatic rings. The molecule has 1 N–H and O–H groups in total. The van der Waals surface area contributed by atoms with Crippen molar-refractivity contribution in [2.24, 2.45) is 0 Å². The number of aromatic nitrogens is 2. The van der Waals surface area contributed by atoms with E-state index in [0.29, 0.717) is 12.1 Å². The number of fused-ring (bicyclic) bond motifs is 1. The van der Waals surface area contributed by atoms with Crippen LogP contribution < -0.4 is 5.32 Å². The molecule has 0 saturated carbocycles. The Morgan fingerprint density at radius 1 is 1.22 bits per heavy atom. The van der Waals surface area contributed by atoms with Gasteiger partial charge in [-0.15, -0.1) is 0 Å². The maximum absolute atomic E-state index is 13.1. The van der Waals surface area contributed by atoms with E-state index in [1.165, 1.54) is 23.7 Å². The molecule has 0 saturated heterocycles. The molecule has 3 heterocycles. The molecule has 4 nitrogen and oxygen atoms in total. The van der Waals surface area contributed by atoms with Crippen LogP contribution in [0, 0.1) is 5.82 Å². The zero-order valence-electron chi connectivity index (χ0n) is 12.0. The van der Waals surface area contributed by atoms with Crippen LogP contribution in [0.1, 0.15) is 22.8 Å². The fraction of sp³-hybridized carbons (Fsp3) is 0.118. The number of pyridine rings is 1.